The number of thioether (sulfide) groups is 1. The van der Waals surface area contributed by atoms with E-state index in [0.717, 1.165) is 71.5 Å². The molecule has 2 heterocycles. The van der Waals surface area contributed by atoms with E-state index in [-0.39, 0.29) is 55.1 Å². The minimum Gasteiger partial charge on any atom is -0.490 e. The molecular weight excluding hydrogens is 570 g/mol. The molecule has 1 amide bonds. The first-order valence-corrected chi connectivity index (χ1v) is 16.8. The van der Waals surface area contributed by atoms with Crippen LogP contribution in [0.2, 0.25) is 0 Å². The summed E-state index contributed by atoms with van der Waals surface area (Å²) in [5.41, 5.74) is 3.64. The summed E-state index contributed by atoms with van der Waals surface area (Å²) in [5.74, 6) is -1.50. The van der Waals surface area contributed by atoms with Crippen molar-refractivity contribution in [2.24, 2.45) is 5.92 Å². The van der Waals surface area contributed by atoms with E-state index < -0.39 is 5.92 Å². The van der Waals surface area contributed by atoms with E-state index in [1.165, 1.54) is 11.8 Å². The highest BCUT2D eigenvalue weighted by atomic mass is 32.2. The third-order valence-electron chi connectivity index (χ3n) is 9.57. The highest BCUT2D eigenvalue weighted by molar-refractivity contribution is 7.98. The van der Waals surface area contributed by atoms with Crippen LogP contribution in [-0.2, 0) is 6.54 Å². The van der Waals surface area contributed by atoms with Gasteiger partial charge in [0, 0.05) is 70.8 Å². The number of pyridine rings is 1. The highest BCUT2D eigenvalue weighted by Crippen LogP contribution is 2.41. The van der Waals surface area contributed by atoms with Crippen molar-refractivity contribution in [2.45, 2.75) is 114 Å². The Hall–Kier alpha value is -2.85. The molecule has 7 nitrogen and oxygen atoms in total. The normalized spacial score (nSPS) is 22.7. The molecule has 0 unspecified atom stereocenters. The van der Waals surface area contributed by atoms with Gasteiger partial charge in [-0.1, -0.05) is 0 Å². The molecule has 3 aliphatic carbocycles. The van der Waals surface area contributed by atoms with E-state index in [2.05, 4.69) is 33.2 Å². The van der Waals surface area contributed by atoms with Crippen molar-refractivity contribution in [1.29, 1.82) is 0 Å². The van der Waals surface area contributed by atoms with E-state index >= 15 is 0 Å². The van der Waals surface area contributed by atoms with Gasteiger partial charge in [0.25, 0.3) is 17.4 Å². The third kappa shape index (κ3) is 6.36. The number of nitrogens with one attached hydrogen (secondary N) is 3. The molecule has 0 bridgehead atoms. The van der Waals surface area contributed by atoms with E-state index in [1.54, 1.807) is 0 Å². The summed E-state index contributed by atoms with van der Waals surface area (Å²) in [6.45, 7) is 6.22. The van der Waals surface area contributed by atoms with Gasteiger partial charge in [-0.05, 0) is 89.7 Å². The summed E-state index contributed by atoms with van der Waals surface area (Å²) in [6, 6.07) is 8.27. The number of carbonyl (C=O) groups is 1. The SMILES string of the molecule is CSc1cc(C)[nH]c(=O)c1CNC(=O)c1c(C)n([C@H](C)C2CCC(NC3CC(F)(F)C3)CC2)c2cc(OC3CC3)ccc12. The Balaban J connectivity index is 1.24. The number of hydrogen-bond donors (Lipinski definition) is 3. The molecule has 3 aromatic rings. The third-order valence-corrected chi connectivity index (χ3v) is 10.4. The van der Waals surface area contributed by atoms with Gasteiger partial charge >= 0.3 is 0 Å². The number of aromatic amines is 1. The molecule has 2 aromatic heterocycles. The molecule has 43 heavy (non-hydrogen) atoms. The fourth-order valence-electron chi connectivity index (χ4n) is 7.07. The van der Waals surface area contributed by atoms with Gasteiger partial charge in [-0.15, -0.1) is 11.8 Å². The summed E-state index contributed by atoms with van der Waals surface area (Å²) in [6.07, 6.45) is 8.12. The Morgan fingerprint density at radius 2 is 1.84 bits per heavy atom. The maximum absolute atomic E-state index is 13.8. The standard InChI is InChI=1S/C33H42F2N4O3S/c1-18-13-29(43-4)27(31(40)37-18)17-36-32(41)30-20(3)39(28-14-25(11-12-26(28)30)42-24-9-10-24)19(2)21-5-7-22(8-6-21)38-23-15-33(34,35)16-23/h11-14,19,21-24,38H,5-10,15-17H2,1-4H3,(H,36,41)(H,37,40)/t19-,21?,22?/m1/s1. The zero-order valence-corrected chi connectivity index (χ0v) is 26.2. The number of hydrogen-bond acceptors (Lipinski definition) is 5. The average Bonchev–Trinajstić information content (AvgIpc) is 3.71. The maximum atomic E-state index is 13.8. The molecule has 0 aliphatic heterocycles. The Kier molecular flexibility index (Phi) is 8.37. The van der Waals surface area contributed by atoms with Crippen LogP contribution in [0, 0.1) is 19.8 Å². The fraction of sp³-hybridized carbons (Fsp3) is 0.576. The first-order valence-electron chi connectivity index (χ1n) is 15.5. The lowest BCUT2D eigenvalue weighted by atomic mass is 9.80. The molecule has 3 fully saturated rings. The number of nitrogens with zero attached hydrogens (tertiary/aromatic N) is 1. The Morgan fingerprint density at radius 1 is 1.12 bits per heavy atom. The van der Waals surface area contributed by atoms with Crippen LogP contribution >= 0.6 is 11.8 Å². The number of halogens is 2. The molecule has 0 radical (unpaired) electrons. The largest absolute Gasteiger partial charge is 0.490 e. The Bertz CT molecular complexity index is 1560. The molecule has 1 aromatic carbocycles. The van der Waals surface area contributed by atoms with Crippen LogP contribution in [0.1, 0.15) is 91.6 Å². The number of aromatic nitrogens is 2. The predicted molar refractivity (Wildman–Crippen MR) is 167 cm³/mol. The van der Waals surface area contributed by atoms with Crippen molar-refractivity contribution in [1.82, 2.24) is 20.2 Å². The molecule has 3 N–H and O–H groups in total. The smallest absolute Gasteiger partial charge is 0.254 e. The van der Waals surface area contributed by atoms with E-state index in [9.17, 15) is 18.4 Å². The fourth-order valence-corrected chi connectivity index (χ4v) is 7.77. The zero-order chi connectivity index (χ0) is 30.5. The van der Waals surface area contributed by atoms with Crippen molar-refractivity contribution < 1.29 is 18.3 Å². The van der Waals surface area contributed by atoms with Crippen molar-refractivity contribution in [3.8, 4) is 5.75 Å². The summed E-state index contributed by atoms with van der Waals surface area (Å²) in [4.78, 5) is 30.2. The van der Waals surface area contributed by atoms with Crippen LogP contribution < -0.4 is 20.9 Å². The lowest BCUT2D eigenvalue weighted by molar-refractivity contribution is -0.0957. The summed E-state index contributed by atoms with van der Waals surface area (Å²) < 4.78 is 35.1. The molecule has 0 saturated heterocycles. The van der Waals surface area contributed by atoms with Gasteiger partial charge in [-0.3, -0.25) is 9.59 Å². The lowest BCUT2D eigenvalue weighted by Gasteiger charge is -2.41. The van der Waals surface area contributed by atoms with Gasteiger partial charge in [0.05, 0.1) is 17.2 Å². The van der Waals surface area contributed by atoms with Gasteiger partial charge in [0.15, 0.2) is 0 Å². The van der Waals surface area contributed by atoms with Crippen molar-refractivity contribution in [3.63, 3.8) is 0 Å². The molecular formula is C33H42F2N4O3S. The first-order chi connectivity index (χ1) is 20.5. The van der Waals surface area contributed by atoms with Gasteiger partial charge in [0.2, 0.25) is 0 Å². The second kappa shape index (κ2) is 11.9. The number of ether oxygens (including phenoxy) is 1. The van der Waals surface area contributed by atoms with Gasteiger partial charge in [-0.2, -0.15) is 0 Å². The van der Waals surface area contributed by atoms with Gasteiger partial charge in [0.1, 0.15) is 5.75 Å². The predicted octanol–water partition coefficient (Wildman–Crippen LogP) is 6.65. The summed E-state index contributed by atoms with van der Waals surface area (Å²) in [7, 11) is 0. The average molecular weight is 613 g/mol. The number of H-pyrrole nitrogens is 1. The van der Waals surface area contributed by atoms with Gasteiger partial charge < -0.3 is 24.9 Å². The molecule has 232 valence electrons. The molecule has 3 aliphatic rings. The first kappa shape index (κ1) is 30.2. The van der Waals surface area contributed by atoms with Crippen LogP contribution in [0.3, 0.4) is 0 Å². The number of alkyl halides is 2. The monoisotopic (exact) mass is 612 g/mol. The Morgan fingerprint density at radius 3 is 2.49 bits per heavy atom. The quantitative estimate of drug-likeness (QED) is 0.223. The van der Waals surface area contributed by atoms with Crippen LogP contribution in [0.25, 0.3) is 10.9 Å². The molecule has 10 heteroatoms. The van der Waals surface area contributed by atoms with E-state index in [4.69, 9.17) is 4.74 Å². The van der Waals surface area contributed by atoms with Crippen LogP contribution in [0.15, 0.2) is 34.0 Å². The van der Waals surface area contributed by atoms with Crippen molar-refractivity contribution >= 4 is 28.6 Å². The molecule has 1 atom stereocenters. The number of fused-ring (bicyclic) bond motifs is 1. The maximum Gasteiger partial charge on any atom is 0.254 e. The summed E-state index contributed by atoms with van der Waals surface area (Å²) >= 11 is 1.49. The lowest BCUT2D eigenvalue weighted by Crippen LogP contribution is -2.52. The van der Waals surface area contributed by atoms with E-state index in [0.29, 0.717) is 17.0 Å². The second-order valence-corrected chi connectivity index (χ2v) is 13.7. The minimum absolute atomic E-state index is 0.0507. The molecule has 0 spiro atoms. The molecule has 6 rings (SSSR count). The van der Waals surface area contributed by atoms with Crippen LogP contribution in [-0.4, -0.2) is 45.8 Å². The highest BCUT2D eigenvalue weighted by Gasteiger charge is 2.46. The number of aryl methyl sites for hydroxylation is 1. The molecule has 3 saturated carbocycles. The van der Waals surface area contributed by atoms with Crippen molar-refractivity contribution in [3.05, 3.63) is 57.1 Å². The summed E-state index contributed by atoms with van der Waals surface area (Å²) in [5, 5.41) is 7.37. The van der Waals surface area contributed by atoms with E-state index in [1.807, 2.05) is 38.3 Å². The Labute approximate surface area is 255 Å². The second-order valence-electron chi connectivity index (χ2n) is 12.8. The van der Waals surface area contributed by atoms with Crippen molar-refractivity contribution in [2.75, 3.05) is 6.26 Å². The minimum atomic E-state index is -2.50. The zero-order valence-electron chi connectivity index (χ0n) is 25.4. The number of carbonyl (C=O) groups excluding carboxylic acids is 1. The number of amides is 1. The number of benzene rings is 1. The van der Waals surface area contributed by atoms with Crippen LogP contribution in [0.5, 0.6) is 5.75 Å². The van der Waals surface area contributed by atoms with Gasteiger partial charge in [-0.25, -0.2) is 8.78 Å². The van der Waals surface area contributed by atoms with Crippen LogP contribution in [0.4, 0.5) is 8.78 Å². The number of rotatable bonds is 10. The topological polar surface area (TPSA) is 88.2 Å².